The van der Waals surface area contributed by atoms with Crippen molar-refractivity contribution in [3.63, 3.8) is 0 Å². The van der Waals surface area contributed by atoms with Gasteiger partial charge in [0.05, 0.1) is 17.4 Å². The van der Waals surface area contributed by atoms with E-state index in [2.05, 4.69) is 11.1 Å². The molecule has 1 atom stereocenters. The Morgan fingerprint density at radius 3 is 2.38 bits per heavy atom. The molecule has 0 aliphatic rings. The smallest absolute Gasteiger partial charge is 0.101 e. The molecule has 1 aromatic rings. The Labute approximate surface area is 96.8 Å². The van der Waals surface area contributed by atoms with Crippen LogP contribution in [0.1, 0.15) is 56.3 Å². The lowest BCUT2D eigenvalue weighted by atomic mass is 9.87. The fraction of sp³-hybridized carbons (Fsp3) is 0.538. The molecule has 0 aliphatic carbocycles. The number of aliphatic hydroxyl groups is 1. The molecule has 1 aromatic heterocycles. The van der Waals surface area contributed by atoms with Crippen LogP contribution in [0.5, 0.6) is 0 Å². The van der Waals surface area contributed by atoms with Crippen LogP contribution in [-0.2, 0) is 5.41 Å². The van der Waals surface area contributed by atoms with E-state index in [-0.39, 0.29) is 5.41 Å². The van der Waals surface area contributed by atoms with E-state index in [9.17, 15) is 5.11 Å². The molecule has 3 heteroatoms. The summed E-state index contributed by atoms with van der Waals surface area (Å²) < 4.78 is 0. The largest absolute Gasteiger partial charge is 0.389 e. The Morgan fingerprint density at radius 1 is 1.44 bits per heavy atom. The van der Waals surface area contributed by atoms with Gasteiger partial charge in [-0.1, -0.05) is 20.8 Å². The lowest BCUT2D eigenvalue weighted by Crippen LogP contribution is -2.17. The molecule has 0 aromatic carbocycles. The second kappa shape index (κ2) is 4.23. The number of hydrogen-bond donors (Lipinski definition) is 1. The highest BCUT2D eigenvalue weighted by molar-refractivity contribution is 5.42. The zero-order chi connectivity index (χ0) is 12.5. The van der Waals surface area contributed by atoms with Crippen LogP contribution in [0.3, 0.4) is 0 Å². The van der Waals surface area contributed by atoms with E-state index in [4.69, 9.17) is 5.26 Å². The maximum atomic E-state index is 9.57. The summed E-state index contributed by atoms with van der Waals surface area (Å²) in [7, 11) is 0. The van der Waals surface area contributed by atoms with Crippen molar-refractivity contribution in [2.24, 2.45) is 0 Å². The lowest BCUT2D eigenvalue weighted by Gasteiger charge is -2.21. The van der Waals surface area contributed by atoms with Gasteiger partial charge in [0.2, 0.25) is 0 Å². The second-order valence-corrected chi connectivity index (χ2v) is 5.10. The van der Waals surface area contributed by atoms with Gasteiger partial charge in [0, 0.05) is 16.7 Å². The van der Waals surface area contributed by atoms with Crippen molar-refractivity contribution in [3.05, 3.63) is 28.6 Å². The summed E-state index contributed by atoms with van der Waals surface area (Å²) in [6, 6.07) is 3.89. The summed E-state index contributed by atoms with van der Waals surface area (Å²) in [4.78, 5) is 4.45. The summed E-state index contributed by atoms with van der Waals surface area (Å²) >= 11 is 0. The van der Waals surface area contributed by atoms with Crippen LogP contribution in [0.4, 0.5) is 0 Å². The highest BCUT2D eigenvalue weighted by Crippen LogP contribution is 2.27. The van der Waals surface area contributed by atoms with Crippen molar-refractivity contribution in [1.82, 2.24) is 4.98 Å². The van der Waals surface area contributed by atoms with Crippen LogP contribution in [0, 0.1) is 18.3 Å². The topological polar surface area (TPSA) is 56.9 Å². The summed E-state index contributed by atoms with van der Waals surface area (Å²) in [6.07, 6.45) is -0.589. The number of pyridine rings is 1. The zero-order valence-corrected chi connectivity index (χ0v) is 10.5. The second-order valence-electron chi connectivity index (χ2n) is 5.10. The van der Waals surface area contributed by atoms with Crippen molar-refractivity contribution < 1.29 is 5.11 Å². The molecule has 0 saturated heterocycles. The van der Waals surface area contributed by atoms with Gasteiger partial charge in [-0.15, -0.1) is 0 Å². The normalized spacial score (nSPS) is 13.3. The molecule has 1 rings (SSSR count). The predicted molar refractivity (Wildman–Crippen MR) is 63.0 cm³/mol. The van der Waals surface area contributed by atoms with Crippen LogP contribution in [0.25, 0.3) is 0 Å². The van der Waals surface area contributed by atoms with E-state index in [1.165, 1.54) is 0 Å². The van der Waals surface area contributed by atoms with Crippen LogP contribution in [0.15, 0.2) is 6.07 Å². The molecular weight excluding hydrogens is 200 g/mol. The van der Waals surface area contributed by atoms with E-state index in [0.717, 1.165) is 17.0 Å². The molecule has 16 heavy (non-hydrogen) atoms. The summed E-state index contributed by atoms with van der Waals surface area (Å²) in [5, 5.41) is 18.7. The van der Waals surface area contributed by atoms with Gasteiger partial charge in [-0.3, -0.25) is 4.98 Å². The molecular formula is C13H18N2O. The number of hydrogen-bond acceptors (Lipinski definition) is 3. The number of aryl methyl sites for hydroxylation is 1. The van der Waals surface area contributed by atoms with Gasteiger partial charge in [0.1, 0.15) is 6.07 Å². The molecule has 3 nitrogen and oxygen atoms in total. The first kappa shape index (κ1) is 12.7. The standard InChI is InChI=1S/C13H18N2O/c1-8-11(9(2)16)6-10(7-14)12(15-8)13(3,4)5/h6,9,16H,1-5H3. The third kappa shape index (κ3) is 2.40. The van der Waals surface area contributed by atoms with Crippen LogP contribution >= 0.6 is 0 Å². The van der Waals surface area contributed by atoms with Gasteiger partial charge in [0.25, 0.3) is 0 Å². The van der Waals surface area contributed by atoms with Gasteiger partial charge in [-0.05, 0) is 19.9 Å². The highest BCUT2D eigenvalue weighted by atomic mass is 16.3. The third-order valence-corrected chi connectivity index (χ3v) is 2.53. The molecule has 0 amide bonds. The van der Waals surface area contributed by atoms with Crippen molar-refractivity contribution in [3.8, 4) is 6.07 Å². The van der Waals surface area contributed by atoms with Gasteiger partial charge >= 0.3 is 0 Å². The Bertz CT molecular complexity index is 436. The van der Waals surface area contributed by atoms with Gasteiger partial charge in [-0.2, -0.15) is 5.26 Å². The molecule has 0 bridgehead atoms. The van der Waals surface area contributed by atoms with Crippen molar-refractivity contribution in [2.75, 3.05) is 0 Å². The zero-order valence-electron chi connectivity index (χ0n) is 10.5. The monoisotopic (exact) mass is 218 g/mol. The minimum atomic E-state index is -0.589. The van der Waals surface area contributed by atoms with Crippen LogP contribution in [0.2, 0.25) is 0 Å². The average Bonchev–Trinajstić information content (AvgIpc) is 2.15. The maximum Gasteiger partial charge on any atom is 0.101 e. The number of aromatic nitrogens is 1. The first-order valence-electron chi connectivity index (χ1n) is 5.37. The average molecular weight is 218 g/mol. The molecule has 0 radical (unpaired) electrons. The van der Waals surface area contributed by atoms with E-state index < -0.39 is 6.10 Å². The molecule has 86 valence electrons. The lowest BCUT2D eigenvalue weighted by molar-refractivity contribution is 0.198. The summed E-state index contributed by atoms with van der Waals surface area (Å²) in [5.41, 5.74) is 2.70. The minimum Gasteiger partial charge on any atom is -0.389 e. The van der Waals surface area contributed by atoms with Crippen molar-refractivity contribution in [1.29, 1.82) is 5.26 Å². The Hall–Kier alpha value is -1.40. The fourth-order valence-electron chi connectivity index (χ4n) is 1.70. The molecule has 0 aliphatic heterocycles. The fourth-order valence-corrected chi connectivity index (χ4v) is 1.70. The van der Waals surface area contributed by atoms with Crippen molar-refractivity contribution in [2.45, 2.75) is 46.1 Å². The van der Waals surface area contributed by atoms with E-state index in [1.807, 2.05) is 27.7 Å². The first-order valence-corrected chi connectivity index (χ1v) is 5.37. The quantitative estimate of drug-likeness (QED) is 0.788. The number of rotatable bonds is 1. The van der Waals surface area contributed by atoms with Crippen LogP contribution < -0.4 is 0 Å². The Kier molecular flexibility index (Phi) is 3.35. The molecule has 1 heterocycles. The van der Waals surface area contributed by atoms with Gasteiger partial charge in [0.15, 0.2) is 0 Å². The maximum absolute atomic E-state index is 9.57. The van der Waals surface area contributed by atoms with Gasteiger partial charge in [-0.25, -0.2) is 0 Å². The van der Waals surface area contributed by atoms with Gasteiger partial charge < -0.3 is 5.11 Å². The summed E-state index contributed by atoms with van der Waals surface area (Å²) in [5.74, 6) is 0. The highest BCUT2D eigenvalue weighted by Gasteiger charge is 2.22. The number of nitrogens with zero attached hydrogens (tertiary/aromatic N) is 2. The number of aliphatic hydroxyl groups excluding tert-OH is 1. The summed E-state index contributed by atoms with van der Waals surface area (Å²) in [6.45, 7) is 9.62. The minimum absolute atomic E-state index is 0.160. The molecule has 1 N–H and O–H groups in total. The third-order valence-electron chi connectivity index (χ3n) is 2.53. The van der Waals surface area contributed by atoms with E-state index in [1.54, 1.807) is 13.0 Å². The molecule has 0 spiro atoms. The molecule has 0 fully saturated rings. The molecule has 1 unspecified atom stereocenters. The van der Waals surface area contributed by atoms with E-state index in [0.29, 0.717) is 5.56 Å². The van der Waals surface area contributed by atoms with Crippen LogP contribution in [-0.4, -0.2) is 10.1 Å². The first-order chi connectivity index (χ1) is 7.27. The Morgan fingerprint density at radius 2 is 2.00 bits per heavy atom. The SMILES string of the molecule is Cc1nc(C(C)(C)C)c(C#N)cc1C(C)O. The molecule has 0 saturated carbocycles. The van der Waals surface area contributed by atoms with E-state index >= 15 is 0 Å². The Balaban J connectivity index is 3.46. The predicted octanol–water partition coefficient (Wildman–Crippen LogP) is 2.61. The number of nitriles is 1. The van der Waals surface area contributed by atoms with Crippen molar-refractivity contribution >= 4 is 0 Å².